The molecular weight excluding hydrogens is 313 g/mol. The van der Waals surface area contributed by atoms with Gasteiger partial charge in [0.05, 0.1) is 35.5 Å². The smallest absolute Gasteiger partial charge is 0.372 e. The van der Waals surface area contributed by atoms with Crippen LogP contribution in [0.1, 0.15) is 32.4 Å². The Morgan fingerprint density at radius 2 is 2.17 bits per heavy atom. The zero-order chi connectivity index (χ0) is 13.8. The van der Waals surface area contributed by atoms with E-state index in [2.05, 4.69) is 21.0 Å². The summed E-state index contributed by atoms with van der Waals surface area (Å²) in [6, 6.07) is 0. The van der Waals surface area contributed by atoms with Crippen LogP contribution >= 0.6 is 15.9 Å². The van der Waals surface area contributed by atoms with Crippen LogP contribution in [0.4, 0.5) is 13.2 Å². The van der Waals surface area contributed by atoms with Gasteiger partial charge in [-0.25, -0.2) is 0 Å². The van der Waals surface area contributed by atoms with E-state index in [4.69, 9.17) is 4.74 Å². The van der Waals surface area contributed by atoms with Gasteiger partial charge >= 0.3 is 6.18 Å². The van der Waals surface area contributed by atoms with Gasteiger partial charge in [0.15, 0.2) is 0 Å². The van der Waals surface area contributed by atoms with E-state index in [1.165, 1.54) is 10.9 Å². The van der Waals surface area contributed by atoms with Crippen LogP contribution < -0.4 is 0 Å². The van der Waals surface area contributed by atoms with Crippen LogP contribution in [0.2, 0.25) is 0 Å². The summed E-state index contributed by atoms with van der Waals surface area (Å²) in [6.07, 6.45) is -2.65. The highest BCUT2D eigenvalue weighted by Gasteiger charge is 2.27. The Hall–Kier alpha value is -0.560. The molecule has 0 saturated carbocycles. The SMILES string of the molecule is CC[C@H](C)OCc1c(Br)cnn1CCC(F)(F)F. The van der Waals surface area contributed by atoms with Crippen LogP contribution in [-0.2, 0) is 17.9 Å². The van der Waals surface area contributed by atoms with Crippen molar-refractivity contribution in [3.8, 4) is 0 Å². The van der Waals surface area contributed by atoms with E-state index >= 15 is 0 Å². The fourth-order valence-corrected chi connectivity index (χ4v) is 1.71. The van der Waals surface area contributed by atoms with E-state index in [0.717, 1.165) is 6.42 Å². The number of halogens is 4. The van der Waals surface area contributed by atoms with Crippen molar-refractivity contribution in [1.82, 2.24) is 9.78 Å². The zero-order valence-corrected chi connectivity index (χ0v) is 11.9. The number of aryl methyl sites for hydroxylation is 1. The van der Waals surface area contributed by atoms with E-state index in [-0.39, 0.29) is 19.3 Å². The lowest BCUT2D eigenvalue weighted by Gasteiger charge is -2.13. The molecule has 1 rings (SSSR count). The lowest BCUT2D eigenvalue weighted by atomic mass is 10.3. The van der Waals surface area contributed by atoms with Gasteiger partial charge in [-0.2, -0.15) is 18.3 Å². The molecule has 18 heavy (non-hydrogen) atoms. The number of rotatable bonds is 6. The Labute approximate surface area is 112 Å². The highest BCUT2D eigenvalue weighted by atomic mass is 79.9. The molecular formula is C11H16BrF3N2O. The third-order valence-corrected chi connectivity index (χ3v) is 3.25. The van der Waals surface area contributed by atoms with Gasteiger partial charge in [-0.05, 0) is 29.3 Å². The first kappa shape index (κ1) is 15.5. The first-order chi connectivity index (χ1) is 8.33. The number of hydrogen-bond acceptors (Lipinski definition) is 2. The maximum Gasteiger partial charge on any atom is 0.390 e. The molecule has 0 bridgehead atoms. The van der Waals surface area contributed by atoms with Crippen molar-refractivity contribution in [3.63, 3.8) is 0 Å². The van der Waals surface area contributed by atoms with Crippen molar-refractivity contribution in [2.75, 3.05) is 0 Å². The number of nitrogens with zero attached hydrogens (tertiary/aromatic N) is 2. The molecule has 1 atom stereocenters. The van der Waals surface area contributed by atoms with E-state index < -0.39 is 12.6 Å². The number of alkyl halides is 3. The van der Waals surface area contributed by atoms with Crippen LogP contribution in [0.5, 0.6) is 0 Å². The fourth-order valence-electron chi connectivity index (χ4n) is 1.30. The highest BCUT2D eigenvalue weighted by Crippen LogP contribution is 2.23. The van der Waals surface area contributed by atoms with Gasteiger partial charge in [-0.15, -0.1) is 0 Å². The van der Waals surface area contributed by atoms with Gasteiger partial charge in [0.2, 0.25) is 0 Å². The largest absolute Gasteiger partial charge is 0.390 e. The van der Waals surface area contributed by atoms with Gasteiger partial charge in [0.1, 0.15) is 0 Å². The lowest BCUT2D eigenvalue weighted by Crippen LogP contribution is -2.16. The molecule has 3 nitrogen and oxygen atoms in total. The van der Waals surface area contributed by atoms with E-state index in [9.17, 15) is 13.2 Å². The molecule has 0 aliphatic heterocycles. The van der Waals surface area contributed by atoms with Crippen molar-refractivity contribution >= 4 is 15.9 Å². The van der Waals surface area contributed by atoms with Gasteiger partial charge in [0.25, 0.3) is 0 Å². The first-order valence-corrected chi connectivity index (χ1v) is 6.51. The highest BCUT2D eigenvalue weighted by molar-refractivity contribution is 9.10. The summed E-state index contributed by atoms with van der Waals surface area (Å²) in [5.74, 6) is 0. The summed E-state index contributed by atoms with van der Waals surface area (Å²) in [5, 5.41) is 3.91. The van der Waals surface area contributed by atoms with Crippen LogP contribution in [0, 0.1) is 0 Å². The molecule has 0 fully saturated rings. The molecule has 7 heteroatoms. The first-order valence-electron chi connectivity index (χ1n) is 5.72. The third kappa shape index (κ3) is 4.97. The molecule has 1 aromatic rings. The third-order valence-electron chi connectivity index (χ3n) is 2.58. The van der Waals surface area contributed by atoms with Crippen LogP contribution in [0.25, 0.3) is 0 Å². The van der Waals surface area contributed by atoms with Crippen LogP contribution in [0.3, 0.4) is 0 Å². The molecule has 0 unspecified atom stereocenters. The van der Waals surface area contributed by atoms with Crippen molar-refractivity contribution in [1.29, 1.82) is 0 Å². The summed E-state index contributed by atoms with van der Waals surface area (Å²) in [5.41, 5.74) is 0.638. The quantitative estimate of drug-likeness (QED) is 0.791. The zero-order valence-electron chi connectivity index (χ0n) is 10.3. The molecule has 0 amide bonds. The van der Waals surface area contributed by atoms with Crippen molar-refractivity contribution in [2.45, 2.75) is 52.1 Å². The maximum atomic E-state index is 12.2. The summed E-state index contributed by atoms with van der Waals surface area (Å²) in [7, 11) is 0. The predicted octanol–water partition coefficient (Wildman–Crippen LogP) is 3.91. The lowest BCUT2D eigenvalue weighted by molar-refractivity contribution is -0.137. The van der Waals surface area contributed by atoms with Crippen LogP contribution in [-0.4, -0.2) is 22.1 Å². The monoisotopic (exact) mass is 328 g/mol. The van der Waals surface area contributed by atoms with Gasteiger partial charge < -0.3 is 4.74 Å². The van der Waals surface area contributed by atoms with E-state index in [1.54, 1.807) is 0 Å². The number of ether oxygens (including phenoxy) is 1. The Morgan fingerprint density at radius 1 is 1.50 bits per heavy atom. The predicted molar refractivity (Wildman–Crippen MR) is 65.1 cm³/mol. The minimum absolute atomic E-state index is 0.0721. The summed E-state index contributed by atoms with van der Waals surface area (Å²) < 4.78 is 44.0. The fraction of sp³-hybridized carbons (Fsp3) is 0.727. The Balaban J connectivity index is 2.63. The number of hydrogen-bond donors (Lipinski definition) is 0. The van der Waals surface area contributed by atoms with Crippen molar-refractivity contribution < 1.29 is 17.9 Å². The second kappa shape index (κ2) is 6.56. The molecule has 0 aliphatic carbocycles. The van der Waals surface area contributed by atoms with Gasteiger partial charge in [-0.1, -0.05) is 6.92 Å². The van der Waals surface area contributed by atoms with Gasteiger partial charge in [-0.3, -0.25) is 4.68 Å². The molecule has 1 aromatic heterocycles. The number of aromatic nitrogens is 2. The summed E-state index contributed by atoms with van der Waals surface area (Å²) in [4.78, 5) is 0. The Morgan fingerprint density at radius 3 is 2.72 bits per heavy atom. The minimum Gasteiger partial charge on any atom is -0.372 e. The normalized spacial score (nSPS) is 13.9. The minimum atomic E-state index is -4.17. The molecule has 0 spiro atoms. The topological polar surface area (TPSA) is 27.1 Å². The van der Waals surface area contributed by atoms with Crippen LogP contribution in [0.15, 0.2) is 10.7 Å². The summed E-state index contributed by atoms with van der Waals surface area (Å²) >= 11 is 3.27. The summed E-state index contributed by atoms with van der Waals surface area (Å²) in [6.45, 7) is 3.98. The van der Waals surface area contributed by atoms with Crippen molar-refractivity contribution in [3.05, 3.63) is 16.4 Å². The maximum absolute atomic E-state index is 12.2. The second-order valence-corrected chi connectivity index (χ2v) is 4.91. The standard InChI is InChI=1S/C11H16BrF3N2O/c1-3-8(2)18-7-10-9(12)6-16-17(10)5-4-11(13,14)15/h6,8H,3-5,7H2,1-2H3/t8-/m0/s1. The molecule has 0 aromatic carbocycles. The van der Waals surface area contributed by atoms with Gasteiger partial charge in [0, 0.05) is 6.54 Å². The Bertz CT molecular complexity index is 379. The Kier molecular flexibility index (Phi) is 5.65. The van der Waals surface area contributed by atoms with E-state index in [0.29, 0.717) is 10.2 Å². The molecule has 0 radical (unpaired) electrons. The molecule has 0 saturated heterocycles. The van der Waals surface area contributed by atoms with E-state index in [1.807, 2.05) is 13.8 Å². The molecule has 104 valence electrons. The average Bonchev–Trinajstić information content (AvgIpc) is 2.63. The molecule has 0 aliphatic rings. The second-order valence-electron chi connectivity index (χ2n) is 4.06. The van der Waals surface area contributed by atoms with Crippen molar-refractivity contribution in [2.24, 2.45) is 0 Å². The molecule has 0 N–H and O–H groups in total. The molecule has 1 heterocycles. The average molecular weight is 329 g/mol.